The smallest absolute Gasteiger partial charge is 0.103 e. The number of hydrogen-bond donors (Lipinski definition) is 2. The number of pyridine rings is 1. The van der Waals surface area contributed by atoms with Crippen LogP contribution in [0.15, 0.2) is 6.07 Å². The van der Waals surface area contributed by atoms with Gasteiger partial charge in [0, 0.05) is 17.2 Å². The topological polar surface area (TPSA) is 68.9 Å². The standard InChI is InChI=1S/C14H19N3O/c1-8-5-11(10(7-15)9(2)16-8)17-12-6-13(18)14(12,3)4/h5,12-13,18H,6H2,1-4H3,(H,16,17). The fourth-order valence-corrected chi connectivity index (χ4v) is 2.42. The number of aromatic nitrogens is 1. The predicted octanol–water partition coefficient (Wildman–Crippen LogP) is 2.14. The Hall–Kier alpha value is -1.60. The lowest BCUT2D eigenvalue weighted by Gasteiger charge is -2.50. The van der Waals surface area contributed by atoms with E-state index in [0.717, 1.165) is 23.5 Å². The van der Waals surface area contributed by atoms with Crippen molar-refractivity contribution < 1.29 is 5.11 Å². The molecule has 96 valence electrons. The zero-order chi connectivity index (χ0) is 13.5. The third-order valence-electron chi connectivity index (χ3n) is 3.99. The molecule has 2 N–H and O–H groups in total. The van der Waals surface area contributed by atoms with Gasteiger partial charge in [-0.2, -0.15) is 5.26 Å². The van der Waals surface area contributed by atoms with Gasteiger partial charge in [-0.1, -0.05) is 13.8 Å². The zero-order valence-corrected chi connectivity index (χ0v) is 11.3. The van der Waals surface area contributed by atoms with E-state index in [4.69, 9.17) is 0 Å². The summed E-state index contributed by atoms with van der Waals surface area (Å²) in [5.74, 6) is 0. The number of aliphatic hydroxyl groups excluding tert-OH is 1. The monoisotopic (exact) mass is 245 g/mol. The first kappa shape index (κ1) is 12.8. The van der Waals surface area contributed by atoms with Crippen LogP contribution < -0.4 is 5.32 Å². The molecule has 4 nitrogen and oxygen atoms in total. The highest BCUT2D eigenvalue weighted by Crippen LogP contribution is 2.42. The molecule has 0 saturated heterocycles. The third-order valence-corrected chi connectivity index (χ3v) is 3.99. The van der Waals surface area contributed by atoms with Gasteiger partial charge >= 0.3 is 0 Å². The van der Waals surface area contributed by atoms with Gasteiger partial charge in [0.05, 0.1) is 23.0 Å². The van der Waals surface area contributed by atoms with Gasteiger partial charge in [0.2, 0.25) is 0 Å². The highest BCUT2D eigenvalue weighted by molar-refractivity contribution is 5.60. The number of hydrogen-bond acceptors (Lipinski definition) is 4. The lowest BCUT2D eigenvalue weighted by atomic mass is 9.64. The molecule has 18 heavy (non-hydrogen) atoms. The molecule has 1 aliphatic carbocycles. The maximum absolute atomic E-state index is 9.74. The van der Waals surface area contributed by atoms with Gasteiger partial charge in [-0.05, 0) is 26.3 Å². The molecule has 2 rings (SSSR count). The summed E-state index contributed by atoms with van der Waals surface area (Å²) in [4.78, 5) is 4.30. The number of aliphatic hydroxyl groups is 1. The zero-order valence-electron chi connectivity index (χ0n) is 11.3. The van der Waals surface area contributed by atoms with Crippen LogP contribution in [0.25, 0.3) is 0 Å². The first-order chi connectivity index (χ1) is 8.36. The number of anilines is 1. The van der Waals surface area contributed by atoms with E-state index in [1.54, 1.807) is 0 Å². The fourth-order valence-electron chi connectivity index (χ4n) is 2.42. The van der Waals surface area contributed by atoms with Gasteiger partial charge in [0.15, 0.2) is 0 Å². The van der Waals surface area contributed by atoms with Crippen molar-refractivity contribution in [2.75, 3.05) is 5.32 Å². The molecule has 0 radical (unpaired) electrons. The molecule has 2 unspecified atom stereocenters. The molecule has 0 spiro atoms. The molecule has 0 aromatic carbocycles. The normalized spacial score (nSPS) is 25.1. The van der Waals surface area contributed by atoms with E-state index < -0.39 is 0 Å². The van der Waals surface area contributed by atoms with Crippen molar-refractivity contribution in [3.05, 3.63) is 23.0 Å². The lowest BCUT2D eigenvalue weighted by molar-refractivity contribution is -0.0510. The molecule has 0 amide bonds. The van der Waals surface area contributed by atoms with E-state index in [1.165, 1.54) is 0 Å². The van der Waals surface area contributed by atoms with Crippen molar-refractivity contribution in [3.63, 3.8) is 0 Å². The summed E-state index contributed by atoms with van der Waals surface area (Å²) in [6, 6.07) is 4.29. The van der Waals surface area contributed by atoms with Crippen LogP contribution in [0.2, 0.25) is 0 Å². The Kier molecular flexibility index (Phi) is 3.04. The maximum atomic E-state index is 9.74. The number of nitrogens with zero attached hydrogens (tertiary/aromatic N) is 2. The summed E-state index contributed by atoms with van der Waals surface area (Å²) in [5, 5.41) is 22.3. The minimum absolute atomic E-state index is 0.155. The first-order valence-electron chi connectivity index (χ1n) is 6.19. The summed E-state index contributed by atoms with van der Waals surface area (Å²) < 4.78 is 0. The number of rotatable bonds is 2. The van der Waals surface area contributed by atoms with E-state index >= 15 is 0 Å². The Morgan fingerprint density at radius 2 is 2.17 bits per heavy atom. The van der Waals surface area contributed by atoms with E-state index in [0.29, 0.717) is 5.56 Å². The van der Waals surface area contributed by atoms with Gasteiger partial charge < -0.3 is 10.4 Å². The molecule has 0 aliphatic heterocycles. The van der Waals surface area contributed by atoms with Crippen molar-refractivity contribution in [1.29, 1.82) is 5.26 Å². The van der Waals surface area contributed by atoms with Gasteiger partial charge in [-0.3, -0.25) is 4.98 Å². The Morgan fingerprint density at radius 1 is 1.50 bits per heavy atom. The SMILES string of the molecule is Cc1cc(NC2CC(O)C2(C)C)c(C#N)c(C)n1. The van der Waals surface area contributed by atoms with Gasteiger partial charge in [-0.25, -0.2) is 0 Å². The van der Waals surface area contributed by atoms with Crippen molar-refractivity contribution in [3.8, 4) is 6.07 Å². The summed E-state index contributed by atoms with van der Waals surface area (Å²) in [6.07, 6.45) is 0.447. The van der Waals surface area contributed by atoms with E-state index in [2.05, 4.69) is 16.4 Å². The Bertz CT molecular complexity index is 517. The summed E-state index contributed by atoms with van der Waals surface area (Å²) in [7, 11) is 0. The molecule has 1 aliphatic rings. The second-order valence-corrected chi connectivity index (χ2v) is 5.65. The minimum atomic E-state index is -0.274. The van der Waals surface area contributed by atoms with Crippen LogP contribution in [0.1, 0.15) is 37.2 Å². The maximum Gasteiger partial charge on any atom is 0.103 e. The highest BCUT2D eigenvalue weighted by Gasteiger charge is 2.47. The molecule has 1 fully saturated rings. The van der Waals surface area contributed by atoms with Crippen molar-refractivity contribution in [2.24, 2.45) is 5.41 Å². The van der Waals surface area contributed by atoms with Crippen LogP contribution in [-0.4, -0.2) is 22.2 Å². The first-order valence-corrected chi connectivity index (χ1v) is 6.19. The number of nitrogens with one attached hydrogen (secondary N) is 1. The minimum Gasteiger partial charge on any atom is -0.392 e. The van der Waals surface area contributed by atoms with Gasteiger partial charge in [0.1, 0.15) is 6.07 Å². The second-order valence-electron chi connectivity index (χ2n) is 5.65. The molecular formula is C14H19N3O. The van der Waals surface area contributed by atoms with E-state index in [9.17, 15) is 10.4 Å². The number of nitriles is 1. The third kappa shape index (κ3) is 1.95. The molecule has 1 aromatic rings. The van der Waals surface area contributed by atoms with E-state index in [-0.39, 0.29) is 17.6 Å². The largest absolute Gasteiger partial charge is 0.392 e. The van der Waals surface area contributed by atoms with Crippen LogP contribution in [0.4, 0.5) is 5.69 Å². The van der Waals surface area contributed by atoms with Gasteiger partial charge in [-0.15, -0.1) is 0 Å². The number of aryl methyl sites for hydroxylation is 2. The van der Waals surface area contributed by atoms with Gasteiger partial charge in [0.25, 0.3) is 0 Å². The average Bonchev–Trinajstić information content (AvgIpc) is 2.28. The molecule has 1 aromatic heterocycles. The highest BCUT2D eigenvalue weighted by atomic mass is 16.3. The summed E-state index contributed by atoms with van der Waals surface area (Å²) >= 11 is 0. The lowest BCUT2D eigenvalue weighted by Crippen LogP contribution is -2.57. The second kappa shape index (κ2) is 4.25. The summed E-state index contributed by atoms with van der Waals surface area (Å²) in [6.45, 7) is 7.83. The summed E-state index contributed by atoms with van der Waals surface area (Å²) in [5.41, 5.74) is 2.91. The van der Waals surface area contributed by atoms with Crippen LogP contribution in [0.5, 0.6) is 0 Å². The molecular weight excluding hydrogens is 226 g/mol. The van der Waals surface area contributed by atoms with Crippen LogP contribution in [0.3, 0.4) is 0 Å². The van der Waals surface area contributed by atoms with Crippen LogP contribution in [0, 0.1) is 30.6 Å². The molecule has 1 heterocycles. The predicted molar refractivity (Wildman–Crippen MR) is 70.2 cm³/mol. The average molecular weight is 245 g/mol. The molecule has 1 saturated carbocycles. The quantitative estimate of drug-likeness (QED) is 0.837. The fraction of sp³-hybridized carbons (Fsp3) is 0.571. The van der Waals surface area contributed by atoms with Crippen molar-refractivity contribution in [1.82, 2.24) is 4.98 Å². The van der Waals surface area contributed by atoms with E-state index in [1.807, 2.05) is 33.8 Å². The van der Waals surface area contributed by atoms with Crippen LogP contribution in [-0.2, 0) is 0 Å². The Labute approximate surface area is 108 Å². The molecule has 2 atom stereocenters. The van der Waals surface area contributed by atoms with Crippen LogP contribution >= 0.6 is 0 Å². The Morgan fingerprint density at radius 3 is 2.67 bits per heavy atom. The Balaban J connectivity index is 2.28. The molecule has 0 bridgehead atoms. The van der Waals surface area contributed by atoms with Crippen molar-refractivity contribution >= 4 is 5.69 Å². The van der Waals surface area contributed by atoms with Crippen molar-refractivity contribution in [2.45, 2.75) is 46.3 Å². The molecule has 4 heteroatoms.